The molecule has 0 aliphatic carbocycles. The second-order valence-electron chi connectivity index (χ2n) is 5.86. The van der Waals surface area contributed by atoms with Gasteiger partial charge in [-0.3, -0.25) is 20.2 Å². The van der Waals surface area contributed by atoms with Crippen molar-refractivity contribution in [3.05, 3.63) is 68.4 Å². The number of benzene rings is 1. The van der Waals surface area contributed by atoms with Gasteiger partial charge in [0.05, 0.1) is 9.85 Å². The molecule has 26 heavy (non-hydrogen) atoms. The summed E-state index contributed by atoms with van der Waals surface area (Å²) in [6, 6.07) is 6.46. The molecule has 1 atom stereocenters. The maximum Gasteiger partial charge on any atom is 0.269 e. The predicted molar refractivity (Wildman–Crippen MR) is 103 cm³/mol. The first kappa shape index (κ1) is 21.3. The highest BCUT2D eigenvalue weighted by molar-refractivity contribution is 5.48. The molecule has 1 aromatic carbocycles. The van der Waals surface area contributed by atoms with E-state index in [1.54, 1.807) is 25.1 Å². The fourth-order valence-corrected chi connectivity index (χ4v) is 2.26. The minimum absolute atomic E-state index is 0.0723. The van der Waals surface area contributed by atoms with Gasteiger partial charge >= 0.3 is 0 Å². The maximum absolute atomic E-state index is 10.7. The molecule has 0 bridgehead atoms. The highest BCUT2D eigenvalue weighted by Crippen LogP contribution is 2.15. The Morgan fingerprint density at radius 3 is 2.35 bits per heavy atom. The topological polar surface area (TPSA) is 110 Å². The summed E-state index contributed by atoms with van der Waals surface area (Å²) in [5, 5.41) is 27.8. The van der Waals surface area contributed by atoms with E-state index in [4.69, 9.17) is 0 Å². The van der Waals surface area contributed by atoms with Gasteiger partial charge < -0.3 is 10.6 Å². The fourth-order valence-electron chi connectivity index (χ4n) is 2.26. The molecule has 2 N–H and O–H groups in total. The SMILES string of the molecule is C/C=C(\C=C/C(C)NCCCCCNc1ccc([N+](=O)[O-])cc1)[N+](=O)[O-]. The van der Waals surface area contributed by atoms with Crippen LogP contribution in [-0.2, 0) is 0 Å². The van der Waals surface area contributed by atoms with Crippen molar-refractivity contribution in [1.82, 2.24) is 5.32 Å². The molecular formula is C18H26N4O4. The molecule has 8 nitrogen and oxygen atoms in total. The number of hydrogen-bond donors (Lipinski definition) is 2. The van der Waals surface area contributed by atoms with Gasteiger partial charge in [0.1, 0.15) is 0 Å². The number of nitrogens with zero attached hydrogens (tertiary/aromatic N) is 2. The maximum atomic E-state index is 10.7. The lowest BCUT2D eigenvalue weighted by Gasteiger charge is -2.09. The quantitative estimate of drug-likeness (QED) is 0.253. The number of nitro groups is 2. The summed E-state index contributed by atoms with van der Waals surface area (Å²) in [6.07, 6.45) is 7.82. The Morgan fingerprint density at radius 1 is 1.12 bits per heavy atom. The summed E-state index contributed by atoms with van der Waals surface area (Å²) in [5.74, 6) is 0. The second-order valence-corrected chi connectivity index (χ2v) is 5.86. The largest absolute Gasteiger partial charge is 0.385 e. The predicted octanol–water partition coefficient (Wildman–Crippen LogP) is 3.89. The number of non-ortho nitro benzene ring substituents is 1. The van der Waals surface area contributed by atoms with E-state index in [0.717, 1.165) is 38.0 Å². The summed E-state index contributed by atoms with van der Waals surface area (Å²) in [6.45, 7) is 5.25. The van der Waals surface area contributed by atoms with E-state index in [1.807, 2.05) is 6.92 Å². The molecule has 0 aromatic heterocycles. The Hall–Kier alpha value is -2.74. The lowest BCUT2D eigenvalue weighted by molar-refractivity contribution is -0.419. The van der Waals surface area contributed by atoms with Crippen molar-refractivity contribution in [3.8, 4) is 0 Å². The van der Waals surface area contributed by atoms with Crippen molar-refractivity contribution in [2.75, 3.05) is 18.4 Å². The van der Waals surface area contributed by atoms with E-state index < -0.39 is 9.85 Å². The van der Waals surface area contributed by atoms with Crippen LogP contribution in [0.1, 0.15) is 33.1 Å². The minimum Gasteiger partial charge on any atom is -0.385 e. The third-order valence-corrected chi connectivity index (χ3v) is 3.79. The molecule has 8 heteroatoms. The summed E-state index contributed by atoms with van der Waals surface area (Å²) >= 11 is 0. The fraction of sp³-hybridized carbons (Fsp3) is 0.444. The first-order valence-corrected chi connectivity index (χ1v) is 8.64. The highest BCUT2D eigenvalue weighted by Gasteiger charge is 2.05. The molecule has 142 valence electrons. The zero-order chi connectivity index (χ0) is 19.4. The van der Waals surface area contributed by atoms with Gasteiger partial charge in [0.15, 0.2) is 0 Å². The lowest BCUT2D eigenvalue weighted by atomic mass is 10.2. The van der Waals surface area contributed by atoms with Crippen molar-refractivity contribution in [1.29, 1.82) is 0 Å². The zero-order valence-corrected chi connectivity index (χ0v) is 15.2. The van der Waals surface area contributed by atoms with Gasteiger partial charge in [0.2, 0.25) is 0 Å². The van der Waals surface area contributed by atoms with Crippen molar-refractivity contribution < 1.29 is 9.85 Å². The Balaban J connectivity index is 2.12. The van der Waals surface area contributed by atoms with E-state index in [9.17, 15) is 20.2 Å². The number of hydrogen-bond acceptors (Lipinski definition) is 6. The van der Waals surface area contributed by atoms with Crippen LogP contribution < -0.4 is 10.6 Å². The molecule has 0 saturated carbocycles. The standard InChI is InChI=1S/C18H26N4O4/c1-3-17(21(23)24)10-7-15(2)19-13-5-4-6-14-20-16-8-11-18(12-9-16)22(25)26/h3,7-12,15,19-20H,4-6,13-14H2,1-2H3/b10-7-,17-3+. The van der Waals surface area contributed by atoms with Crippen molar-refractivity contribution >= 4 is 11.4 Å². The third-order valence-electron chi connectivity index (χ3n) is 3.79. The van der Waals surface area contributed by atoms with Crippen LogP contribution >= 0.6 is 0 Å². The average Bonchev–Trinajstić information content (AvgIpc) is 2.61. The van der Waals surface area contributed by atoms with Crippen LogP contribution in [0.3, 0.4) is 0 Å². The lowest BCUT2D eigenvalue weighted by Crippen LogP contribution is -2.25. The molecular weight excluding hydrogens is 336 g/mol. The Bertz CT molecular complexity index is 641. The van der Waals surface area contributed by atoms with Crippen LogP contribution in [0.15, 0.2) is 48.2 Å². The number of allylic oxidation sites excluding steroid dienone is 2. The Morgan fingerprint density at radius 2 is 1.77 bits per heavy atom. The molecule has 0 spiro atoms. The molecule has 0 aliphatic rings. The minimum atomic E-state index is -0.413. The van der Waals surface area contributed by atoms with Gasteiger partial charge in [-0.05, 0) is 51.4 Å². The van der Waals surface area contributed by atoms with Crippen molar-refractivity contribution in [3.63, 3.8) is 0 Å². The number of anilines is 1. The summed E-state index contributed by atoms with van der Waals surface area (Å²) in [5.41, 5.74) is 1.05. The van der Waals surface area contributed by atoms with Gasteiger partial charge in [-0.1, -0.05) is 12.5 Å². The molecule has 0 saturated heterocycles. The van der Waals surface area contributed by atoms with Crippen LogP contribution in [0.4, 0.5) is 11.4 Å². The van der Waals surface area contributed by atoms with Gasteiger partial charge in [0, 0.05) is 36.5 Å². The zero-order valence-electron chi connectivity index (χ0n) is 15.2. The molecule has 0 fully saturated rings. The van der Waals surface area contributed by atoms with E-state index >= 15 is 0 Å². The van der Waals surface area contributed by atoms with Gasteiger partial charge in [-0.2, -0.15) is 0 Å². The second kappa shape index (κ2) is 11.8. The molecule has 0 heterocycles. The molecule has 1 rings (SSSR count). The smallest absolute Gasteiger partial charge is 0.269 e. The third kappa shape index (κ3) is 8.39. The van der Waals surface area contributed by atoms with Crippen LogP contribution in [0.2, 0.25) is 0 Å². The molecule has 0 aliphatic heterocycles. The van der Waals surface area contributed by atoms with Crippen LogP contribution in [0, 0.1) is 20.2 Å². The highest BCUT2D eigenvalue weighted by atomic mass is 16.6. The summed E-state index contributed by atoms with van der Waals surface area (Å²) < 4.78 is 0. The van der Waals surface area contributed by atoms with Crippen molar-refractivity contribution in [2.45, 2.75) is 39.2 Å². The first-order valence-electron chi connectivity index (χ1n) is 8.64. The molecule has 0 amide bonds. The van der Waals surface area contributed by atoms with Crippen LogP contribution in [0.5, 0.6) is 0 Å². The van der Waals surface area contributed by atoms with E-state index in [-0.39, 0.29) is 17.4 Å². The molecule has 0 radical (unpaired) electrons. The normalized spacial score (nSPS) is 12.9. The summed E-state index contributed by atoms with van der Waals surface area (Å²) in [7, 11) is 0. The number of nitrogens with one attached hydrogen (secondary N) is 2. The monoisotopic (exact) mass is 362 g/mol. The molecule has 1 aromatic rings. The average molecular weight is 362 g/mol. The van der Waals surface area contributed by atoms with E-state index in [2.05, 4.69) is 10.6 Å². The van der Waals surface area contributed by atoms with Gasteiger partial charge in [0.25, 0.3) is 11.4 Å². The number of nitro benzene ring substituents is 1. The van der Waals surface area contributed by atoms with Crippen LogP contribution in [0.25, 0.3) is 0 Å². The van der Waals surface area contributed by atoms with Crippen molar-refractivity contribution in [2.24, 2.45) is 0 Å². The van der Waals surface area contributed by atoms with Gasteiger partial charge in [-0.25, -0.2) is 0 Å². The number of rotatable bonds is 12. The van der Waals surface area contributed by atoms with E-state index in [0.29, 0.717) is 0 Å². The van der Waals surface area contributed by atoms with E-state index in [1.165, 1.54) is 24.3 Å². The van der Waals surface area contributed by atoms with Crippen LogP contribution in [-0.4, -0.2) is 29.0 Å². The number of unbranched alkanes of at least 4 members (excludes halogenated alkanes) is 2. The molecule has 1 unspecified atom stereocenters. The van der Waals surface area contributed by atoms with Gasteiger partial charge in [-0.15, -0.1) is 0 Å². The Labute approximate surface area is 153 Å². The Kier molecular flexibility index (Phi) is 9.63. The summed E-state index contributed by atoms with van der Waals surface area (Å²) in [4.78, 5) is 20.5. The first-order chi connectivity index (χ1) is 12.4.